The van der Waals surface area contributed by atoms with Crippen molar-refractivity contribution >= 4 is 45.8 Å². The first-order chi connectivity index (χ1) is 14.0. The van der Waals surface area contributed by atoms with Crippen molar-refractivity contribution in [1.82, 2.24) is 9.55 Å². The minimum absolute atomic E-state index is 0.0138. The van der Waals surface area contributed by atoms with Gasteiger partial charge >= 0.3 is 0 Å². The Kier molecular flexibility index (Phi) is 4.48. The van der Waals surface area contributed by atoms with Gasteiger partial charge in [0, 0.05) is 43.1 Å². The van der Waals surface area contributed by atoms with Crippen LogP contribution in [0, 0.1) is 5.92 Å². The zero-order valence-corrected chi connectivity index (χ0v) is 17.5. The highest BCUT2D eigenvalue weighted by Crippen LogP contribution is 2.54. The van der Waals surface area contributed by atoms with E-state index < -0.39 is 4.33 Å². The van der Waals surface area contributed by atoms with Crippen molar-refractivity contribution in [1.29, 1.82) is 0 Å². The number of imidazole rings is 1. The van der Waals surface area contributed by atoms with Gasteiger partial charge < -0.3 is 14.2 Å². The molecule has 2 aliphatic rings. The maximum Gasteiger partial charge on any atom is 0.227 e. The summed E-state index contributed by atoms with van der Waals surface area (Å²) in [6.07, 6.45) is 1.21. The smallest absolute Gasteiger partial charge is 0.227 e. The van der Waals surface area contributed by atoms with E-state index in [1.54, 1.807) is 7.11 Å². The summed E-state index contributed by atoms with van der Waals surface area (Å²) >= 11 is 12.6. The number of alkyl halides is 2. The molecular weight excluding hydrogens is 409 g/mol. The molecule has 150 valence electrons. The van der Waals surface area contributed by atoms with Gasteiger partial charge in [-0.1, -0.05) is 18.2 Å². The van der Waals surface area contributed by atoms with E-state index in [2.05, 4.69) is 10.6 Å². The number of carbonyl (C=O) groups is 1. The molecule has 0 bridgehead atoms. The summed E-state index contributed by atoms with van der Waals surface area (Å²) in [6.45, 7) is 1.31. The molecule has 5 nitrogen and oxygen atoms in total. The third-order valence-corrected chi connectivity index (χ3v) is 6.82. The Morgan fingerprint density at radius 1 is 1.21 bits per heavy atom. The first-order valence-corrected chi connectivity index (χ1v) is 10.5. The summed E-state index contributed by atoms with van der Waals surface area (Å²) in [4.78, 5) is 19.5. The number of fused-ring (bicyclic) bond motifs is 1. The molecule has 1 saturated carbocycles. The Morgan fingerprint density at radius 2 is 2.00 bits per heavy atom. The first-order valence-electron chi connectivity index (χ1n) is 9.73. The number of anilines is 1. The summed E-state index contributed by atoms with van der Waals surface area (Å²) in [5.41, 5.74) is 2.85. The van der Waals surface area contributed by atoms with Gasteiger partial charge in [0.2, 0.25) is 5.91 Å². The van der Waals surface area contributed by atoms with Crippen LogP contribution in [0.1, 0.15) is 24.6 Å². The molecule has 1 aliphatic carbocycles. The van der Waals surface area contributed by atoms with E-state index in [9.17, 15) is 4.79 Å². The standard InChI is InChI=1S/C22H21Cl2N3O2/c1-29-17-6-4-5-16(10-17)26-12-14(9-20(26)28)21-25-18-7-2-3-8-19(18)27(21)13-15-11-22(15,23)24/h2-8,10,14-15H,9,11-13H2,1H3/t14-,15-/m0/s1. The Hall–Kier alpha value is -2.24. The molecule has 5 rings (SSSR count). The molecule has 0 spiro atoms. The van der Waals surface area contributed by atoms with Crippen LogP contribution in [-0.4, -0.2) is 33.4 Å². The number of hydrogen-bond donors (Lipinski definition) is 0. The van der Waals surface area contributed by atoms with Gasteiger partial charge in [-0.25, -0.2) is 4.98 Å². The molecule has 1 aromatic heterocycles. The van der Waals surface area contributed by atoms with Gasteiger partial charge in [-0.15, -0.1) is 23.2 Å². The Labute approximate surface area is 179 Å². The average molecular weight is 430 g/mol. The van der Waals surface area contributed by atoms with Crippen LogP contribution in [-0.2, 0) is 11.3 Å². The zero-order valence-electron chi connectivity index (χ0n) is 16.0. The molecule has 1 aliphatic heterocycles. The third kappa shape index (κ3) is 3.36. The summed E-state index contributed by atoms with van der Waals surface area (Å²) in [7, 11) is 1.63. The maximum absolute atomic E-state index is 12.8. The molecule has 2 aromatic carbocycles. The normalized spacial score (nSPS) is 23.0. The van der Waals surface area contributed by atoms with E-state index in [4.69, 9.17) is 32.9 Å². The molecular formula is C22H21Cl2N3O2. The molecule has 0 radical (unpaired) electrons. The predicted octanol–water partition coefficient (Wildman–Crippen LogP) is 4.76. The molecule has 1 saturated heterocycles. The van der Waals surface area contributed by atoms with E-state index in [0.717, 1.165) is 34.7 Å². The van der Waals surface area contributed by atoms with Crippen molar-refractivity contribution in [2.24, 2.45) is 5.92 Å². The fraction of sp³-hybridized carbons (Fsp3) is 0.364. The van der Waals surface area contributed by atoms with Crippen LogP contribution in [0.5, 0.6) is 5.75 Å². The Bertz CT molecular complexity index is 1090. The van der Waals surface area contributed by atoms with Gasteiger partial charge in [-0.05, 0) is 30.7 Å². The van der Waals surface area contributed by atoms with Gasteiger partial charge in [0.15, 0.2) is 0 Å². The van der Waals surface area contributed by atoms with E-state index in [1.807, 2.05) is 47.4 Å². The highest BCUT2D eigenvalue weighted by atomic mass is 35.5. The molecule has 29 heavy (non-hydrogen) atoms. The second-order valence-electron chi connectivity index (χ2n) is 7.84. The molecule has 1 amide bonds. The van der Waals surface area contributed by atoms with E-state index in [-0.39, 0.29) is 17.7 Å². The number of aromatic nitrogens is 2. The fourth-order valence-electron chi connectivity index (χ4n) is 4.19. The van der Waals surface area contributed by atoms with Gasteiger partial charge in [0.05, 0.1) is 18.1 Å². The second-order valence-corrected chi connectivity index (χ2v) is 9.38. The second kappa shape index (κ2) is 6.92. The molecule has 0 unspecified atom stereocenters. The fourth-order valence-corrected chi connectivity index (χ4v) is 4.70. The number of carbonyl (C=O) groups excluding carboxylic acids is 1. The van der Waals surface area contributed by atoms with Crippen molar-refractivity contribution in [3.05, 3.63) is 54.4 Å². The zero-order chi connectivity index (χ0) is 20.2. The first kappa shape index (κ1) is 18.8. The van der Waals surface area contributed by atoms with Gasteiger partial charge in [-0.2, -0.15) is 0 Å². The number of methoxy groups -OCH3 is 1. The summed E-state index contributed by atoms with van der Waals surface area (Å²) < 4.78 is 6.87. The number of ether oxygens (including phenoxy) is 1. The highest BCUT2D eigenvalue weighted by Gasteiger charge is 2.52. The summed E-state index contributed by atoms with van der Waals surface area (Å²) in [6, 6.07) is 15.7. The minimum Gasteiger partial charge on any atom is -0.497 e. The van der Waals surface area contributed by atoms with E-state index in [0.29, 0.717) is 19.5 Å². The number of para-hydroxylation sites is 2. The average Bonchev–Trinajstić information content (AvgIpc) is 3.04. The van der Waals surface area contributed by atoms with Gasteiger partial charge in [0.1, 0.15) is 15.9 Å². The van der Waals surface area contributed by atoms with Crippen LogP contribution < -0.4 is 9.64 Å². The van der Waals surface area contributed by atoms with Crippen molar-refractivity contribution in [2.75, 3.05) is 18.6 Å². The molecule has 2 fully saturated rings. The number of benzene rings is 2. The lowest BCUT2D eigenvalue weighted by Crippen LogP contribution is -2.24. The number of rotatable bonds is 5. The van der Waals surface area contributed by atoms with Crippen LogP contribution in [0.15, 0.2) is 48.5 Å². The van der Waals surface area contributed by atoms with Crippen LogP contribution in [0.3, 0.4) is 0 Å². The highest BCUT2D eigenvalue weighted by molar-refractivity contribution is 6.50. The monoisotopic (exact) mass is 429 g/mol. The minimum atomic E-state index is -0.652. The van der Waals surface area contributed by atoms with Gasteiger partial charge in [0.25, 0.3) is 0 Å². The molecule has 2 heterocycles. The van der Waals surface area contributed by atoms with E-state index in [1.165, 1.54) is 0 Å². The molecule has 3 aromatic rings. The predicted molar refractivity (Wildman–Crippen MR) is 115 cm³/mol. The lowest BCUT2D eigenvalue weighted by Gasteiger charge is -2.18. The lowest BCUT2D eigenvalue weighted by atomic mass is 10.1. The van der Waals surface area contributed by atoms with Crippen LogP contribution >= 0.6 is 23.2 Å². The SMILES string of the molecule is COc1cccc(N2C[C@@H](c3nc4ccccc4n3C[C@@H]3CC3(Cl)Cl)CC2=O)c1. The number of halogens is 2. The molecule has 2 atom stereocenters. The van der Waals surface area contributed by atoms with Gasteiger partial charge in [-0.3, -0.25) is 4.79 Å². The van der Waals surface area contributed by atoms with Crippen LogP contribution in [0.2, 0.25) is 0 Å². The number of nitrogens with zero attached hydrogens (tertiary/aromatic N) is 3. The van der Waals surface area contributed by atoms with Crippen LogP contribution in [0.4, 0.5) is 5.69 Å². The third-order valence-electron chi connectivity index (χ3n) is 5.90. The number of hydrogen-bond acceptors (Lipinski definition) is 3. The van der Waals surface area contributed by atoms with Crippen molar-refractivity contribution in [2.45, 2.75) is 29.6 Å². The Balaban J connectivity index is 1.48. The quantitative estimate of drug-likeness (QED) is 0.549. The largest absolute Gasteiger partial charge is 0.497 e. The summed E-state index contributed by atoms with van der Waals surface area (Å²) in [5, 5.41) is 0. The molecule has 7 heteroatoms. The van der Waals surface area contributed by atoms with Crippen LogP contribution in [0.25, 0.3) is 11.0 Å². The summed E-state index contributed by atoms with van der Waals surface area (Å²) in [5.74, 6) is 1.98. The molecule has 0 N–H and O–H groups in total. The van der Waals surface area contributed by atoms with Crippen molar-refractivity contribution < 1.29 is 9.53 Å². The lowest BCUT2D eigenvalue weighted by molar-refractivity contribution is -0.117. The Morgan fingerprint density at radius 3 is 2.76 bits per heavy atom. The number of amides is 1. The van der Waals surface area contributed by atoms with E-state index >= 15 is 0 Å². The van der Waals surface area contributed by atoms with Crippen molar-refractivity contribution in [3.63, 3.8) is 0 Å². The maximum atomic E-state index is 12.8. The topological polar surface area (TPSA) is 47.4 Å². The van der Waals surface area contributed by atoms with Crippen molar-refractivity contribution in [3.8, 4) is 5.75 Å².